The van der Waals surface area contributed by atoms with Gasteiger partial charge in [-0.1, -0.05) is 24.3 Å². The highest BCUT2D eigenvalue weighted by Crippen LogP contribution is 2.45. The summed E-state index contributed by atoms with van der Waals surface area (Å²) in [6.45, 7) is 1.38. The average molecular weight is 505 g/mol. The van der Waals surface area contributed by atoms with E-state index < -0.39 is 20.8 Å². The number of nitrogens with two attached hydrogens (primary N) is 1. The number of nitrogens with one attached hydrogen (secondary N) is 1. The second-order valence-electron chi connectivity index (χ2n) is 7.60. The first kappa shape index (κ1) is 24.4. The lowest BCUT2D eigenvalue weighted by Gasteiger charge is -2.12. The van der Waals surface area contributed by atoms with Crippen molar-refractivity contribution in [2.24, 2.45) is 20.5 Å². The van der Waals surface area contributed by atoms with Crippen LogP contribution in [0.2, 0.25) is 0 Å². The lowest BCUT2D eigenvalue weighted by Crippen LogP contribution is -2.04. The molecule has 4 aromatic rings. The first-order chi connectivity index (χ1) is 17.1. The summed E-state index contributed by atoms with van der Waals surface area (Å²) in [5.41, 5.74) is 7.57. The molecule has 0 saturated heterocycles. The van der Waals surface area contributed by atoms with E-state index in [0.717, 1.165) is 6.07 Å². The third-order valence-electron chi connectivity index (χ3n) is 5.00. The van der Waals surface area contributed by atoms with E-state index in [4.69, 9.17) is 5.73 Å². The molecule has 0 radical (unpaired) electrons. The fourth-order valence-corrected chi connectivity index (χ4v) is 4.08. The lowest BCUT2D eigenvalue weighted by molar-refractivity contribution is -0.114. The number of carbonyl (C=O) groups is 1. The summed E-state index contributed by atoms with van der Waals surface area (Å²) in [6, 6.07) is 18.9. The van der Waals surface area contributed by atoms with Gasteiger partial charge in [0.15, 0.2) is 5.75 Å². The molecule has 0 unspecified atom stereocenters. The molecule has 0 saturated carbocycles. The summed E-state index contributed by atoms with van der Waals surface area (Å²) in [4.78, 5) is 10.7. The van der Waals surface area contributed by atoms with Gasteiger partial charge >= 0.3 is 0 Å². The molecule has 11 nitrogen and oxygen atoms in total. The van der Waals surface area contributed by atoms with Crippen LogP contribution in [0.1, 0.15) is 6.92 Å². The van der Waals surface area contributed by atoms with E-state index in [1.54, 1.807) is 48.5 Å². The van der Waals surface area contributed by atoms with Gasteiger partial charge < -0.3 is 16.2 Å². The zero-order chi connectivity index (χ0) is 25.9. The summed E-state index contributed by atoms with van der Waals surface area (Å²) in [5.74, 6) is -0.667. The molecule has 0 spiro atoms. The van der Waals surface area contributed by atoms with Crippen LogP contribution >= 0.6 is 0 Å². The standard InChI is InChI=1S/C24H20N6O5S/c1-14(31)26-15-7-9-17(10-8-15)28-30-20-13-21(36(33,34)35)18-11-12-19(24(32)22(18)23(20)25)29-27-16-5-3-2-4-6-16/h2-13,32H,25H2,1H3,(H,26,31)(H,33,34,35). The zero-order valence-electron chi connectivity index (χ0n) is 18.8. The van der Waals surface area contributed by atoms with E-state index in [1.807, 2.05) is 6.07 Å². The molecule has 182 valence electrons. The smallest absolute Gasteiger partial charge is 0.295 e. The highest BCUT2D eigenvalue weighted by molar-refractivity contribution is 7.86. The van der Waals surface area contributed by atoms with E-state index in [1.165, 1.54) is 19.1 Å². The molecule has 0 bridgehead atoms. The summed E-state index contributed by atoms with van der Waals surface area (Å²) in [7, 11) is -4.72. The molecule has 12 heteroatoms. The Morgan fingerprint density at radius 1 is 0.861 bits per heavy atom. The van der Waals surface area contributed by atoms with Crippen molar-refractivity contribution in [1.82, 2.24) is 0 Å². The summed E-state index contributed by atoms with van der Waals surface area (Å²) >= 11 is 0. The lowest BCUT2D eigenvalue weighted by atomic mass is 10.1. The first-order valence-electron chi connectivity index (χ1n) is 10.5. The van der Waals surface area contributed by atoms with Crippen LogP contribution in [0.3, 0.4) is 0 Å². The van der Waals surface area contributed by atoms with Crippen LogP contribution in [-0.2, 0) is 14.9 Å². The molecule has 0 heterocycles. The van der Waals surface area contributed by atoms with Crippen LogP contribution in [0, 0.1) is 0 Å². The largest absolute Gasteiger partial charge is 0.505 e. The van der Waals surface area contributed by atoms with Gasteiger partial charge in [-0.15, -0.1) is 10.2 Å². The second-order valence-corrected chi connectivity index (χ2v) is 8.99. The second kappa shape index (κ2) is 9.90. The number of phenols is 1. The summed E-state index contributed by atoms with van der Waals surface area (Å²) in [6.07, 6.45) is 0. The Morgan fingerprint density at radius 2 is 1.47 bits per heavy atom. The number of nitrogen functional groups attached to an aromatic ring is 1. The van der Waals surface area contributed by atoms with Crippen molar-refractivity contribution in [3.05, 3.63) is 72.8 Å². The Morgan fingerprint density at radius 3 is 2.08 bits per heavy atom. The number of fused-ring (bicyclic) bond motifs is 1. The van der Waals surface area contributed by atoms with Gasteiger partial charge in [-0.05, 0) is 48.5 Å². The Hall–Kier alpha value is -4.68. The van der Waals surface area contributed by atoms with Gasteiger partial charge in [0.25, 0.3) is 10.1 Å². The van der Waals surface area contributed by atoms with Crippen molar-refractivity contribution in [2.75, 3.05) is 11.1 Å². The average Bonchev–Trinajstić information content (AvgIpc) is 2.83. The van der Waals surface area contributed by atoms with E-state index in [0.29, 0.717) is 17.1 Å². The third kappa shape index (κ3) is 5.35. The minimum atomic E-state index is -4.72. The van der Waals surface area contributed by atoms with E-state index >= 15 is 0 Å². The number of azo groups is 2. The maximum absolute atomic E-state index is 12.1. The van der Waals surface area contributed by atoms with E-state index in [9.17, 15) is 22.9 Å². The van der Waals surface area contributed by atoms with Crippen molar-refractivity contribution >= 4 is 60.9 Å². The molecule has 36 heavy (non-hydrogen) atoms. The van der Waals surface area contributed by atoms with Crippen LogP contribution in [0.4, 0.5) is 34.1 Å². The van der Waals surface area contributed by atoms with Gasteiger partial charge in [0.1, 0.15) is 16.3 Å². The van der Waals surface area contributed by atoms with Crippen molar-refractivity contribution in [3.8, 4) is 5.75 Å². The van der Waals surface area contributed by atoms with Crippen molar-refractivity contribution in [2.45, 2.75) is 11.8 Å². The predicted octanol–water partition coefficient (Wildman–Crippen LogP) is 6.16. The molecule has 5 N–H and O–H groups in total. The molecule has 4 rings (SSSR count). The molecule has 0 atom stereocenters. The highest BCUT2D eigenvalue weighted by Gasteiger charge is 2.22. The van der Waals surface area contributed by atoms with Crippen molar-refractivity contribution in [1.29, 1.82) is 0 Å². The van der Waals surface area contributed by atoms with Crippen LogP contribution in [-0.4, -0.2) is 24.0 Å². The number of aromatic hydroxyl groups is 1. The van der Waals surface area contributed by atoms with Crippen molar-refractivity contribution < 1.29 is 22.9 Å². The molecule has 1 amide bonds. The summed E-state index contributed by atoms with van der Waals surface area (Å²) in [5, 5.41) is 29.6. The minimum absolute atomic E-state index is 0.0234. The SMILES string of the molecule is CC(=O)Nc1ccc(N=Nc2cc(S(=O)(=O)O)c3ccc(N=Nc4ccccc4)c(O)c3c2N)cc1. The number of nitrogens with zero attached hydrogens (tertiary/aromatic N) is 4. The fourth-order valence-electron chi connectivity index (χ4n) is 3.38. The maximum atomic E-state index is 12.1. The predicted molar refractivity (Wildman–Crippen MR) is 135 cm³/mol. The third-order valence-corrected chi connectivity index (χ3v) is 5.90. The quantitative estimate of drug-likeness (QED) is 0.138. The number of hydrogen-bond acceptors (Lipinski definition) is 9. The normalized spacial score (nSPS) is 11.9. The van der Waals surface area contributed by atoms with Gasteiger partial charge in [-0.3, -0.25) is 9.35 Å². The monoisotopic (exact) mass is 504 g/mol. The van der Waals surface area contributed by atoms with Gasteiger partial charge in [0.05, 0.1) is 22.4 Å². The zero-order valence-corrected chi connectivity index (χ0v) is 19.6. The number of hydrogen-bond donors (Lipinski definition) is 4. The molecule has 0 fully saturated rings. The number of carbonyl (C=O) groups excluding carboxylic acids is 1. The Balaban J connectivity index is 1.80. The van der Waals surface area contributed by atoms with Crippen LogP contribution in [0.25, 0.3) is 10.8 Å². The molecule has 0 aliphatic rings. The van der Waals surface area contributed by atoms with Crippen LogP contribution in [0.5, 0.6) is 5.75 Å². The number of anilines is 2. The van der Waals surface area contributed by atoms with E-state index in [2.05, 4.69) is 25.8 Å². The molecule has 0 aliphatic carbocycles. The highest BCUT2D eigenvalue weighted by atomic mass is 32.2. The van der Waals surface area contributed by atoms with Gasteiger partial charge in [-0.25, -0.2) is 0 Å². The molecule has 4 aromatic carbocycles. The Kier molecular flexibility index (Phi) is 6.72. The molecule has 0 aliphatic heterocycles. The maximum Gasteiger partial charge on any atom is 0.295 e. The number of phenolic OH excluding ortho intramolecular Hbond substituents is 1. The summed E-state index contributed by atoms with van der Waals surface area (Å²) < 4.78 is 34.0. The number of amides is 1. The molecular formula is C24H20N6O5S. The van der Waals surface area contributed by atoms with Gasteiger partial charge in [0.2, 0.25) is 5.91 Å². The Bertz CT molecular complexity index is 1620. The van der Waals surface area contributed by atoms with Crippen LogP contribution in [0.15, 0.2) is 98.1 Å². The van der Waals surface area contributed by atoms with Gasteiger partial charge in [0, 0.05) is 18.0 Å². The molecule has 0 aromatic heterocycles. The number of rotatable bonds is 6. The molecular weight excluding hydrogens is 484 g/mol. The topological polar surface area (TPSA) is 179 Å². The first-order valence-corrected chi connectivity index (χ1v) is 11.9. The van der Waals surface area contributed by atoms with Crippen LogP contribution < -0.4 is 11.1 Å². The fraction of sp³-hybridized carbons (Fsp3) is 0.0417. The Labute approximate surface area is 205 Å². The van der Waals surface area contributed by atoms with Gasteiger partial charge in [-0.2, -0.15) is 18.6 Å². The number of benzene rings is 4. The minimum Gasteiger partial charge on any atom is -0.505 e. The van der Waals surface area contributed by atoms with Crippen molar-refractivity contribution in [3.63, 3.8) is 0 Å². The van der Waals surface area contributed by atoms with E-state index in [-0.39, 0.29) is 33.7 Å².